The van der Waals surface area contributed by atoms with Gasteiger partial charge in [0.25, 0.3) is 5.69 Å². The van der Waals surface area contributed by atoms with E-state index in [1.807, 2.05) is 0 Å². The van der Waals surface area contributed by atoms with Crippen LogP contribution in [-0.4, -0.2) is 31.0 Å². The highest BCUT2D eigenvalue weighted by Crippen LogP contribution is 2.25. The van der Waals surface area contributed by atoms with Gasteiger partial charge in [0.1, 0.15) is 0 Å². The van der Waals surface area contributed by atoms with E-state index >= 15 is 0 Å². The second-order valence-corrected chi connectivity index (χ2v) is 6.85. The van der Waals surface area contributed by atoms with Gasteiger partial charge in [-0.3, -0.25) is 14.9 Å². The molecule has 0 radical (unpaired) electrons. The predicted molar refractivity (Wildman–Crippen MR) is 77.5 cm³/mol. The standard InChI is InChI=1S/C12H17N3O5S/c1-8(2)14-12(16)5-6-21(19,20)11-7-9(15(17)18)3-4-10(11)13/h3-4,7-8H,5-6,13H2,1-2H3,(H,14,16). The Hall–Kier alpha value is -2.16. The van der Waals surface area contributed by atoms with Gasteiger partial charge in [-0.1, -0.05) is 0 Å². The van der Waals surface area contributed by atoms with Gasteiger partial charge in [0.15, 0.2) is 9.84 Å². The molecule has 1 aromatic carbocycles. The van der Waals surface area contributed by atoms with Crippen LogP contribution in [0.2, 0.25) is 0 Å². The molecule has 3 N–H and O–H groups in total. The molecule has 0 saturated carbocycles. The third-order valence-corrected chi connectivity index (χ3v) is 4.36. The minimum atomic E-state index is -3.87. The van der Waals surface area contributed by atoms with E-state index in [0.29, 0.717) is 0 Å². The summed E-state index contributed by atoms with van der Waals surface area (Å²) in [6, 6.07) is 3.10. The number of nitrogens with two attached hydrogens (primary N) is 1. The van der Waals surface area contributed by atoms with E-state index in [0.717, 1.165) is 12.1 Å². The van der Waals surface area contributed by atoms with Crippen molar-refractivity contribution in [1.29, 1.82) is 0 Å². The van der Waals surface area contributed by atoms with E-state index in [1.54, 1.807) is 13.8 Å². The molecule has 0 atom stereocenters. The molecule has 0 bridgehead atoms. The van der Waals surface area contributed by atoms with Gasteiger partial charge in [0.2, 0.25) is 5.91 Å². The van der Waals surface area contributed by atoms with Crippen LogP contribution in [0, 0.1) is 10.1 Å². The molecule has 1 aromatic rings. The number of nitrogens with one attached hydrogen (secondary N) is 1. The molecule has 0 unspecified atom stereocenters. The Labute approximate surface area is 122 Å². The van der Waals surface area contributed by atoms with Crippen LogP contribution in [0.15, 0.2) is 23.1 Å². The van der Waals surface area contributed by atoms with Gasteiger partial charge in [-0.05, 0) is 19.9 Å². The number of nitro groups is 1. The van der Waals surface area contributed by atoms with Gasteiger partial charge < -0.3 is 11.1 Å². The highest BCUT2D eigenvalue weighted by Gasteiger charge is 2.22. The fourth-order valence-corrected chi connectivity index (χ4v) is 3.04. The number of non-ortho nitro benzene ring substituents is 1. The molecule has 1 rings (SSSR count). The predicted octanol–water partition coefficient (Wildman–Crippen LogP) is 0.865. The number of rotatable bonds is 6. The molecule has 0 aromatic heterocycles. The number of amides is 1. The van der Waals surface area contributed by atoms with Crippen molar-refractivity contribution in [3.63, 3.8) is 0 Å². The smallest absolute Gasteiger partial charge is 0.270 e. The average Bonchev–Trinajstić information content (AvgIpc) is 2.35. The zero-order valence-electron chi connectivity index (χ0n) is 11.7. The first-order chi connectivity index (χ1) is 9.63. The van der Waals surface area contributed by atoms with Gasteiger partial charge in [0.05, 0.1) is 21.3 Å². The van der Waals surface area contributed by atoms with Gasteiger partial charge in [-0.2, -0.15) is 0 Å². The molecule has 0 heterocycles. The monoisotopic (exact) mass is 315 g/mol. The van der Waals surface area contributed by atoms with Crippen molar-refractivity contribution in [3.05, 3.63) is 28.3 Å². The molecule has 0 spiro atoms. The van der Waals surface area contributed by atoms with E-state index in [9.17, 15) is 23.3 Å². The highest BCUT2D eigenvalue weighted by molar-refractivity contribution is 7.91. The maximum absolute atomic E-state index is 12.1. The van der Waals surface area contributed by atoms with Gasteiger partial charge >= 0.3 is 0 Å². The Morgan fingerprint density at radius 1 is 1.43 bits per heavy atom. The van der Waals surface area contributed by atoms with Crippen molar-refractivity contribution >= 4 is 27.1 Å². The van der Waals surface area contributed by atoms with Crippen molar-refractivity contribution < 1.29 is 18.1 Å². The van der Waals surface area contributed by atoms with Crippen LogP contribution >= 0.6 is 0 Å². The third-order valence-electron chi connectivity index (χ3n) is 2.59. The number of benzene rings is 1. The third kappa shape index (κ3) is 4.71. The minimum absolute atomic E-state index is 0.0788. The number of carbonyl (C=O) groups is 1. The van der Waals surface area contributed by atoms with Crippen molar-refractivity contribution in [2.45, 2.75) is 31.2 Å². The molecule has 9 heteroatoms. The Bertz CT molecular complexity index is 655. The van der Waals surface area contributed by atoms with Crippen LogP contribution in [0.5, 0.6) is 0 Å². The molecule has 0 fully saturated rings. The van der Waals surface area contributed by atoms with E-state index < -0.39 is 26.4 Å². The molecule has 0 aliphatic carbocycles. The van der Waals surface area contributed by atoms with Gasteiger partial charge in [-0.25, -0.2) is 8.42 Å². The normalized spacial score (nSPS) is 11.4. The average molecular weight is 315 g/mol. The quantitative estimate of drug-likeness (QED) is 0.454. The van der Waals surface area contributed by atoms with E-state index in [1.165, 1.54) is 6.07 Å². The van der Waals surface area contributed by atoms with Crippen LogP contribution in [0.4, 0.5) is 11.4 Å². The Morgan fingerprint density at radius 3 is 2.57 bits per heavy atom. The molecular formula is C12H17N3O5S. The lowest BCUT2D eigenvalue weighted by Crippen LogP contribution is -2.31. The number of carbonyl (C=O) groups excluding carboxylic acids is 1. The lowest BCUT2D eigenvalue weighted by atomic mass is 10.3. The van der Waals surface area contributed by atoms with Crippen LogP contribution in [0.25, 0.3) is 0 Å². The molecule has 116 valence electrons. The summed E-state index contributed by atoms with van der Waals surface area (Å²) in [7, 11) is -3.87. The number of nitro benzene ring substituents is 1. The first-order valence-corrected chi connectivity index (χ1v) is 7.84. The lowest BCUT2D eigenvalue weighted by molar-refractivity contribution is -0.385. The Morgan fingerprint density at radius 2 is 2.05 bits per heavy atom. The number of nitrogen functional groups attached to an aromatic ring is 1. The second-order valence-electron chi connectivity index (χ2n) is 4.77. The van der Waals surface area contributed by atoms with Crippen LogP contribution in [0.1, 0.15) is 20.3 Å². The molecule has 1 amide bonds. The molecule has 0 aliphatic rings. The van der Waals surface area contributed by atoms with Crippen molar-refractivity contribution in [2.75, 3.05) is 11.5 Å². The van der Waals surface area contributed by atoms with Crippen molar-refractivity contribution in [1.82, 2.24) is 5.32 Å². The first-order valence-electron chi connectivity index (χ1n) is 6.19. The SMILES string of the molecule is CC(C)NC(=O)CCS(=O)(=O)c1cc([N+](=O)[O-])ccc1N. The zero-order chi connectivity index (χ0) is 16.2. The summed E-state index contributed by atoms with van der Waals surface area (Å²) in [5.41, 5.74) is 5.12. The topological polar surface area (TPSA) is 132 Å². The highest BCUT2D eigenvalue weighted by atomic mass is 32.2. The van der Waals surface area contributed by atoms with E-state index in [4.69, 9.17) is 5.73 Å². The van der Waals surface area contributed by atoms with E-state index in [2.05, 4.69) is 5.32 Å². The van der Waals surface area contributed by atoms with Gasteiger partial charge in [-0.15, -0.1) is 0 Å². The molecule has 0 aliphatic heterocycles. The number of nitrogens with zero attached hydrogens (tertiary/aromatic N) is 1. The number of hydrogen-bond donors (Lipinski definition) is 2. The van der Waals surface area contributed by atoms with Crippen LogP contribution < -0.4 is 11.1 Å². The number of hydrogen-bond acceptors (Lipinski definition) is 6. The maximum Gasteiger partial charge on any atom is 0.270 e. The minimum Gasteiger partial charge on any atom is -0.398 e. The second kappa shape index (κ2) is 6.53. The van der Waals surface area contributed by atoms with Crippen LogP contribution in [-0.2, 0) is 14.6 Å². The summed E-state index contributed by atoms with van der Waals surface area (Å²) in [6.45, 7) is 3.51. The fourth-order valence-electron chi connectivity index (χ4n) is 1.64. The summed E-state index contributed by atoms with van der Waals surface area (Å²) in [5.74, 6) is -0.866. The first kappa shape index (κ1) is 16.9. The summed E-state index contributed by atoms with van der Waals surface area (Å²) in [4.78, 5) is 21.1. The Balaban J connectivity index is 2.95. The maximum atomic E-state index is 12.1. The molecule has 0 saturated heterocycles. The summed E-state index contributed by atoms with van der Waals surface area (Å²) < 4.78 is 24.3. The van der Waals surface area contributed by atoms with Gasteiger partial charge in [0, 0.05) is 24.6 Å². The fraction of sp³-hybridized carbons (Fsp3) is 0.417. The molecule has 21 heavy (non-hydrogen) atoms. The van der Waals surface area contributed by atoms with Crippen molar-refractivity contribution in [2.24, 2.45) is 0 Å². The number of sulfone groups is 1. The lowest BCUT2D eigenvalue weighted by Gasteiger charge is -2.09. The number of anilines is 1. The summed E-state index contributed by atoms with van der Waals surface area (Å²) in [5, 5.41) is 13.3. The molecule has 8 nitrogen and oxygen atoms in total. The van der Waals surface area contributed by atoms with Crippen molar-refractivity contribution in [3.8, 4) is 0 Å². The summed E-state index contributed by atoms with van der Waals surface area (Å²) >= 11 is 0. The molecular weight excluding hydrogens is 298 g/mol. The zero-order valence-corrected chi connectivity index (χ0v) is 12.5. The Kier molecular flexibility index (Phi) is 5.25. The largest absolute Gasteiger partial charge is 0.398 e. The van der Waals surface area contributed by atoms with Crippen LogP contribution in [0.3, 0.4) is 0 Å². The van der Waals surface area contributed by atoms with E-state index in [-0.39, 0.29) is 28.7 Å². The summed E-state index contributed by atoms with van der Waals surface area (Å²) in [6.07, 6.45) is -0.233.